The summed E-state index contributed by atoms with van der Waals surface area (Å²) in [5.41, 5.74) is 0.685. The highest BCUT2D eigenvalue weighted by Crippen LogP contribution is 2.36. The fraction of sp³-hybridized carbons (Fsp3) is 0.364. The van der Waals surface area contributed by atoms with Crippen molar-refractivity contribution in [2.24, 2.45) is 0 Å². The number of cyclic esters (lactones) is 1. The van der Waals surface area contributed by atoms with Gasteiger partial charge in [0.2, 0.25) is 0 Å². The van der Waals surface area contributed by atoms with Gasteiger partial charge >= 0.3 is 5.97 Å². The zero-order valence-corrected chi connectivity index (χ0v) is 10.1. The smallest absolute Gasteiger partial charge is 0.306 e. The topological polar surface area (TPSA) is 26.3 Å². The molecule has 0 spiro atoms. The van der Waals surface area contributed by atoms with E-state index in [0.717, 1.165) is 12.0 Å². The van der Waals surface area contributed by atoms with Gasteiger partial charge in [0, 0.05) is 16.4 Å². The number of carbonyl (C=O) groups is 1. The van der Waals surface area contributed by atoms with Crippen LogP contribution in [0.5, 0.6) is 0 Å². The summed E-state index contributed by atoms with van der Waals surface area (Å²) in [7, 11) is 0. The Morgan fingerprint density at radius 3 is 2.50 bits per heavy atom. The lowest BCUT2D eigenvalue weighted by Crippen LogP contribution is -2.20. The highest BCUT2D eigenvalue weighted by Gasteiger charge is 2.37. The lowest BCUT2D eigenvalue weighted by Gasteiger charge is -2.22. The van der Waals surface area contributed by atoms with E-state index >= 15 is 0 Å². The summed E-state index contributed by atoms with van der Waals surface area (Å²) in [5, 5.41) is 0. The largest absolute Gasteiger partial charge is 0.454 e. The summed E-state index contributed by atoms with van der Waals surface area (Å²) < 4.78 is 6.53. The second-order valence-electron chi connectivity index (χ2n) is 3.71. The molecule has 2 nitrogen and oxygen atoms in total. The maximum Gasteiger partial charge on any atom is 0.306 e. The zero-order valence-electron chi connectivity index (χ0n) is 7.92. The summed E-state index contributed by atoms with van der Waals surface area (Å²) in [6.07, 6.45) is 1.31. The lowest BCUT2D eigenvalue weighted by atomic mass is 9.93. The maximum atomic E-state index is 11.1. The fourth-order valence-corrected chi connectivity index (χ4v) is 2.06. The number of esters is 1. The minimum Gasteiger partial charge on any atom is -0.454 e. The van der Waals surface area contributed by atoms with Crippen molar-refractivity contribution in [2.45, 2.75) is 25.4 Å². The van der Waals surface area contributed by atoms with Crippen LogP contribution in [0, 0.1) is 3.57 Å². The Morgan fingerprint density at radius 1 is 1.36 bits per heavy atom. The number of carbonyl (C=O) groups excluding carboxylic acids is 1. The van der Waals surface area contributed by atoms with Gasteiger partial charge in [-0.05, 0) is 47.2 Å². The van der Waals surface area contributed by atoms with Gasteiger partial charge < -0.3 is 4.74 Å². The van der Waals surface area contributed by atoms with Crippen molar-refractivity contribution in [3.05, 3.63) is 33.4 Å². The van der Waals surface area contributed by atoms with E-state index in [-0.39, 0.29) is 5.97 Å². The van der Waals surface area contributed by atoms with Crippen LogP contribution in [0.4, 0.5) is 0 Å². The molecule has 14 heavy (non-hydrogen) atoms. The Hall–Kier alpha value is -0.580. The maximum absolute atomic E-state index is 11.1. The minimum absolute atomic E-state index is 0.0916. The SMILES string of the molecule is CC1(c2ccc(I)cc2)CCC(=O)O1. The summed E-state index contributed by atoms with van der Waals surface area (Å²) in [4.78, 5) is 11.1. The van der Waals surface area contributed by atoms with Gasteiger partial charge in [-0.25, -0.2) is 0 Å². The predicted molar refractivity (Wildman–Crippen MR) is 61.8 cm³/mol. The van der Waals surface area contributed by atoms with Crippen molar-refractivity contribution in [2.75, 3.05) is 0 Å². The average molecular weight is 302 g/mol. The third-order valence-corrected chi connectivity index (χ3v) is 3.32. The quantitative estimate of drug-likeness (QED) is 0.589. The Bertz CT molecular complexity index is 358. The number of benzene rings is 1. The molecular formula is C11H11IO2. The first-order valence-corrected chi connectivity index (χ1v) is 5.66. The lowest BCUT2D eigenvalue weighted by molar-refractivity contribution is -0.147. The molecule has 0 N–H and O–H groups in total. The van der Waals surface area contributed by atoms with Crippen LogP contribution in [-0.2, 0) is 15.1 Å². The number of ether oxygens (including phenoxy) is 1. The zero-order chi connectivity index (χ0) is 10.2. The van der Waals surface area contributed by atoms with Gasteiger partial charge in [0.15, 0.2) is 0 Å². The van der Waals surface area contributed by atoms with E-state index in [0.29, 0.717) is 6.42 Å². The first-order valence-electron chi connectivity index (χ1n) is 4.58. The summed E-state index contributed by atoms with van der Waals surface area (Å²) >= 11 is 2.26. The van der Waals surface area contributed by atoms with Gasteiger partial charge in [0.25, 0.3) is 0 Å². The normalized spacial score (nSPS) is 26.3. The molecule has 0 aromatic heterocycles. The molecule has 1 aromatic rings. The number of rotatable bonds is 1. The van der Waals surface area contributed by atoms with E-state index in [9.17, 15) is 4.79 Å². The standard InChI is InChI=1S/C11H11IO2/c1-11(7-6-10(13)14-11)8-2-4-9(12)5-3-8/h2-5H,6-7H2,1H3. The molecular weight excluding hydrogens is 291 g/mol. The molecule has 1 heterocycles. The van der Waals surface area contributed by atoms with Crippen LogP contribution in [-0.4, -0.2) is 5.97 Å². The van der Waals surface area contributed by atoms with Crippen molar-refractivity contribution >= 4 is 28.6 Å². The molecule has 3 heteroatoms. The van der Waals surface area contributed by atoms with E-state index in [1.807, 2.05) is 31.2 Å². The Balaban J connectivity index is 2.30. The molecule has 1 aliphatic rings. The molecule has 1 saturated heterocycles. The van der Waals surface area contributed by atoms with Crippen molar-refractivity contribution in [3.63, 3.8) is 0 Å². The summed E-state index contributed by atoms with van der Waals surface area (Å²) in [5.74, 6) is -0.0916. The molecule has 1 aromatic carbocycles. The van der Waals surface area contributed by atoms with Crippen LogP contribution in [0.25, 0.3) is 0 Å². The van der Waals surface area contributed by atoms with Crippen molar-refractivity contribution < 1.29 is 9.53 Å². The van der Waals surface area contributed by atoms with Crippen LogP contribution in [0.2, 0.25) is 0 Å². The second-order valence-corrected chi connectivity index (χ2v) is 4.96. The molecule has 0 saturated carbocycles. The predicted octanol–water partition coefficient (Wildman–Crippen LogP) is 2.84. The van der Waals surface area contributed by atoms with E-state index in [1.165, 1.54) is 3.57 Å². The summed E-state index contributed by atoms with van der Waals surface area (Å²) in [6, 6.07) is 8.13. The monoisotopic (exact) mass is 302 g/mol. The number of halogens is 1. The van der Waals surface area contributed by atoms with Crippen molar-refractivity contribution in [1.82, 2.24) is 0 Å². The van der Waals surface area contributed by atoms with Gasteiger partial charge in [-0.2, -0.15) is 0 Å². The molecule has 2 rings (SSSR count). The second kappa shape index (κ2) is 3.53. The number of hydrogen-bond acceptors (Lipinski definition) is 2. The molecule has 0 bridgehead atoms. The van der Waals surface area contributed by atoms with Crippen LogP contribution in [0.1, 0.15) is 25.3 Å². The Morgan fingerprint density at radius 2 is 2.00 bits per heavy atom. The van der Waals surface area contributed by atoms with Gasteiger partial charge in [0.05, 0.1) is 0 Å². The molecule has 1 fully saturated rings. The molecule has 1 atom stereocenters. The molecule has 0 amide bonds. The van der Waals surface area contributed by atoms with E-state index in [4.69, 9.17) is 4.74 Å². The fourth-order valence-electron chi connectivity index (χ4n) is 1.70. The van der Waals surface area contributed by atoms with E-state index in [2.05, 4.69) is 22.6 Å². The average Bonchev–Trinajstić information content (AvgIpc) is 2.48. The highest BCUT2D eigenvalue weighted by atomic mass is 127. The van der Waals surface area contributed by atoms with Crippen LogP contribution in [0.3, 0.4) is 0 Å². The Labute approximate surface area is 96.8 Å². The van der Waals surface area contributed by atoms with Gasteiger partial charge in [-0.15, -0.1) is 0 Å². The van der Waals surface area contributed by atoms with Crippen LogP contribution < -0.4 is 0 Å². The Kier molecular flexibility index (Phi) is 2.51. The van der Waals surface area contributed by atoms with Gasteiger partial charge in [-0.1, -0.05) is 12.1 Å². The molecule has 1 aliphatic heterocycles. The van der Waals surface area contributed by atoms with Crippen LogP contribution >= 0.6 is 22.6 Å². The van der Waals surface area contributed by atoms with Gasteiger partial charge in [-0.3, -0.25) is 4.79 Å². The third-order valence-electron chi connectivity index (χ3n) is 2.60. The molecule has 1 unspecified atom stereocenters. The van der Waals surface area contributed by atoms with Crippen LogP contribution in [0.15, 0.2) is 24.3 Å². The third kappa shape index (κ3) is 1.78. The summed E-state index contributed by atoms with van der Waals surface area (Å²) in [6.45, 7) is 1.97. The molecule has 74 valence electrons. The van der Waals surface area contributed by atoms with Crippen molar-refractivity contribution in [1.29, 1.82) is 0 Å². The number of hydrogen-bond donors (Lipinski definition) is 0. The first-order chi connectivity index (χ1) is 6.60. The van der Waals surface area contributed by atoms with Gasteiger partial charge in [0.1, 0.15) is 5.60 Å². The minimum atomic E-state index is -0.401. The van der Waals surface area contributed by atoms with E-state index in [1.54, 1.807) is 0 Å². The first kappa shape index (κ1) is 9.96. The van der Waals surface area contributed by atoms with Crippen molar-refractivity contribution in [3.8, 4) is 0 Å². The highest BCUT2D eigenvalue weighted by molar-refractivity contribution is 14.1. The molecule has 0 radical (unpaired) electrons. The molecule has 0 aliphatic carbocycles. The van der Waals surface area contributed by atoms with E-state index < -0.39 is 5.60 Å².